The van der Waals surface area contributed by atoms with Crippen LogP contribution >= 0.6 is 0 Å². The normalized spacial score (nSPS) is 11.1. The third-order valence-electron chi connectivity index (χ3n) is 4.27. The van der Waals surface area contributed by atoms with E-state index in [-0.39, 0.29) is 115 Å². The van der Waals surface area contributed by atoms with Gasteiger partial charge in [-0.1, -0.05) is 0 Å². The van der Waals surface area contributed by atoms with Gasteiger partial charge in [-0.25, -0.2) is 0 Å². The zero-order valence-electron chi connectivity index (χ0n) is 19.8. The van der Waals surface area contributed by atoms with Crippen molar-refractivity contribution in [2.45, 2.75) is 6.10 Å². The molecule has 0 atom stereocenters. The number of nitrogens with zero attached hydrogens (tertiary/aromatic N) is 2. The molecule has 34 heavy (non-hydrogen) atoms. The number of hydrogen-bond donors (Lipinski definition) is 9. The molecule has 15 heteroatoms. The predicted octanol–water partition coefficient (Wildman–Crippen LogP) is -6.75. The molecule has 0 aliphatic rings. The SMILES string of the molecule is NCCNC(=O)CN(CC(=O)NCCN)CC(O)CN(CC(=O)NCCN)CC(=O)NCCN. The van der Waals surface area contributed by atoms with Gasteiger partial charge >= 0.3 is 0 Å². The van der Waals surface area contributed by atoms with E-state index in [0.29, 0.717) is 0 Å². The van der Waals surface area contributed by atoms with Gasteiger partial charge in [0.25, 0.3) is 0 Å². The van der Waals surface area contributed by atoms with Crippen LogP contribution in [0, 0.1) is 0 Å². The minimum atomic E-state index is -1.07. The van der Waals surface area contributed by atoms with Crippen LogP contribution < -0.4 is 44.2 Å². The van der Waals surface area contributed by atoms with Gasteiger partial charge in [-0.2, -0.15) is 0 Å². The number of amides is 4. The van der Waals surface area contributed by atoms with E-state index in [1.54, 1.807) is 0 Å². The highest BCUT2D eigenvalue weighted by atomic mass is 16.3. The van der Waals surface area contributed by atoms with Gasteiger partial charge in [0.2, 0.25) is 23.6 Å². The number of aliphatic hydroxyl groups is 1. The Hall–Kier alpha value is -2.40. The molecule has 0 radical (unpaired) electrons. The molecule has 4 amide bonds. The zero-order chi connectivity index (χ0) is 25.8. The Labute approximate surface area is 200 Å². The molecule has 0 spiro atoms. The van der Waals surface area contributed by atoms with E-state index in [0.717, 1.165) is 0 Å². The Bertz CT molecular complexity index is 516. The molecule has 15 nitrogen and oxygen atoms in total. The summed E-state index contributed by atoms with van der Waals surface area (Å²) in [5, 5.41) is 21.1. The largest absolute Gasteiger partial charge is 0.390 e. The second-order valence-electron chi connectivity index (χ2n) is 7.55. The monoisotopic (exact) mass is 490 g/mol. The molecule has 0 aliphatic carbocycles. The Kier molecular flexibility index (Phi) is 18.6. The van der Waals surface area contributed by atoms with Crippen molar-refractivity contribution >= 4 is 23.6 Å². The van der Waals surface area contributed by atoms with Crippen LogP contribution in [0.2, 0.25) is 0 Å². The maximum atomic E-state index is 12.1. The number of hydrogen-bond acceptors (Lipinski definition) is 11. The first-order valence-electron chi connectivity index (χ1n) is 11.2. The minimum absolute atomic E-state index is 0.0581. The summed E-state index contributed by atoms with van der Waals surface area (Å²) in [6.45, 7) is 1.43. The molecule has 0 unspecified atom stereocenters. The fraction of sp³-hybridized carbons (Fsp3) is 0.789. The molecule has 0 bridgehead atoms. The zero-order valence-corrected chi connectivity index (χ0v) is 19.8. The molecule has 13 N–H and O–H groups in total. The summed E-state index contributed by atoms with van der Waals surface area (Å²) in [6, 6.07) is 0. The van der Waals surface area contributed by atoms with Gasteiger partial charge < -0.3 is 49.3 Å². The van der Waals surface area contributed by atoms with Crippen LogP contribution in [0.5, 0.6) is 0 Å². The number of nitrogens with two attached hydrogens (primary N) is 4. The van der Waals surface area contributed by atoms with E-state index < -0.39 is 6.10 Å². The first-order valence-corrected chi connectivity index (χ1v) is 11.2. The summed E-state index contributed by atoms with van der Waals surface area (Å²) < 4.78 is 0. The molecule has 0 heterocycles. The topological polar surface area (TPSA) is 247 Å². The van der Waals surface area contributed by atoms with Gasteiger partial charge in [-0.15, -0.1) is 0 Å². The summed E-state index contributed by atoms with van der Waals surface area (Å²) in [5.74, 6) is -1.43. The number of nitrogens with one attached hydrogen (secondary N) is 4. The molecule has 0 aromatic rings. The van der Waals surface area contributed by atoms with Gasteiger partial charge in [0.15, 0.2) is 0 Å². The lowest BCUT2D eigenvalue weighted by molar-refractivity contribution is -0.126. The number of carbonyl (C=O) groups is 4. The van der Waals surface area contributed by atoms with Crippen molar-refractivity contribution in [2.75, 3.05) is 91.6 Å². The van der Waals surface area contributed by atoms with E-state index in [9.17, 15) is 24.3 Å². The van der Waals surface area contributed by atoms with Gasteiger partial charge in [0.1, 0.15) is 0 Å². The minimum Gasteiger partial charge on any atom is -0.390 e. The first kappa shape index (κ1) is 31.6. The standard InChI is InChI=1S/C19H42N10O5/c20-1-5-24-16(31)11-28(12-17(32)25-6-2-21)9-15(30)10-29(13-18(33)26-7-3-22)14-19(34)27-8-4-23/h15,30H,1-14,20-23H2,(H,24,31)(H,25,32)(H,26,33)(H,27,34). The second kappa shape index (κ2) is 20.0. The van der Waals surface area contributed by atoms with Crippen molar-refractivity contribution in [2.24, 2.45) is 22.9 Å². The second-order valence-corrected chi connectivity index (χ2v) is 7.55. The Morgan fingerprint density at radius 3 is 1.00 bits per heavy atom. The molecule has 198 valence electrons. The summed E-state index contributed by atoms with van der Waals surface area (Å²) in [4.78, 5) is 51.4. The maximum Gasteiger partial charge on any atom is 0.234 e. The van der Waals surface area contributed by atoms with Crippen molar-refractivity contribution in [3.8, 4) is 0 Å². The van der Waals surface area contributed by atoms with Gasteiger partial charge in [-0.3, -0.25) is 29.0 Å². The molecule has 0 fully saturated rings. The van der Waals surface area contributed by atoms with Crippen molar-refractivity contribution in [3.63, 3.8) is 0 Å². The average molecular weight is 491 g/mol. The van der Waals surface area contributed by atoms with Gasteiger partial charge in [-0.05, 0) is 0 Å². The first-order chi connectivity index (χ1) is 16.2. The third-order valence-corrected chi connectivity index (χ3v) is 4.27. The average Bonchev–Trinajstić information content (AvgIpc) is 2.78. The summed E-state index contributed by atoms with van der Waals surface area (Å²) in [7, 11) is 0. The lowest BCUT2D eigenvalue weighted by Gasteiger charge is -2.28. The van der Waals surface area contributed by atoms with E-state index in [4.69, 9.17) is 22.9 Å². The molecule has 0 saturated carbocycles. The smallest absolute Gasteiger partial charge is 0.234 e. The fourth-order valence-corrected chi connectivity index (χ4v) is 2.91. The summed E-state index contributed by atoms with van der Waals surface area (Å²) in [5.41, 5.74) is 21.6. The van der Waals surface area contributed by atoms with Crippen LogP contribution in [0.3, 0.4) is 0 Å². The molecular formula is C19H42N10O5. The quantitative estimate of drug-likeness (QED) is 0.0775. The van der Waals surface area contributed by atoms with Crippen LogP contribution in [0.1, 0.15) is 0 Å². The maximum absolute atomic E-state index is 12.1. The lowest BCUT2D eigenvalue weighted by Crippen LogP contribution is -2.51. The van der Waals surface area contributed by atoms with Crippen LogP contribution in [-0.2, 0) is 19.2 Å². The van der Waals surface area contributed by atoms with Crippen LogP contribution in [0.25, 0.3) is 0 Å². The molecule has 0 aliphatic heterocycles. The Balaban J connectivity index is 5.15. The van der Waals surface area contributed by atoms with E-state index in [2.05, 4.69) is 21.3 Å². The van der Waals surface area contributed by atoms with Crippen LogP contribution in [0.15, 0.2) is 0 Å². The highest BCUT2D eigenvalue weighted by Crippen LogP contribution is 1.99. The molecule has 0 aromatic carbocycles. The van der Waals surface area contributed by atoms with Gasteiger partial charge in [0.05, 0.1) is 32.3 Å². The highest BCUT2D eigenvalue weighted by Gasteiger charge is 2.22. The lowest BCUT2D eigenvalue weighted by atomic mass is 10.2. The summed E-state index contributed by atoms with van der Waals surface area (Å²) in [6.07, 6.45) is -1.07. The van der Waals surface area contributed by atoms with Crippen molar-refractivity contribution in [3.05, 3.63) is 0 Å². The Morgan fingerprint density at radius 1 is 0.559 bits per heavy atom. The molecule has 0 aromatic heterocycles. The summed E-state index contributed by atoms with van der Waals surface area (Å²) >= 11 is 0. The van der Waals surface area contributed by atoms with Gasteiger partial charge in [0, 0.05) is 65.4 Å². The Morgan fingerprint density at radius 2 is 0.794 bits per heavy atom. The van der Waals surface area contributed by atoms with E-state index in [1.165, 1.54) is 9.80 Å². The van der Waals surface area contributed by atoms with Crippen molar-refractivity contribution < 1.29 is 24.3 Å². The fourth-order valence-electron chi connectivity index (χ4n) is 2.91. The van der Waals surface area contributed by atoms with Crippen LogP contribution in [0.4, 0.5) is 0 Å². The van der Waals surface area contributed by atoms with E-state index in [1.807, 2.05) is 0 Å². The number of aliphatic hydroxyl groups excluding tert-OH is 1. The molecular weight excluding hydrogens is 448 g/mol. The molecule has 0 rings (SSSR count). The van der Waals surface area contributed by atoms with Crippen LogP contribution in [-0.4, -0.2) is 136 Å². The number of rotatable bonds is 20. The molecule has 0 saturated heterocycles. The predicted molar refractivity (Wildman–Crippen MR) is 127 cm³/mol. The van der Waals surface area contributed by atoms with Crippen molar-refractivity contribution in [1.82, 2.24) is 31.1 Å². The highest BCUT2D eigenvalue weighted by molar-refractivity contribution is 5.81. The third kappa shape index (κ3) is 17.1. The van der Waals surface area contributed by atoms with E-state index >= 15 is 0 Å². The van der Waals surface area contributed by atoms with Crippen molar-refractivity contribution in [1.29, 1.82) is 0 Å². The number of carbonyl (C=O) groups excluding carboxylic acids is 4.